The number of carbonyl (C=O) groups is 5. The summed E-state index contributed by atoms with van der Waals surface area (Å²) in [7, 11) is 0. The third-order valence-electron chi connectivity index (χ3n) is 6.45. The number of piperidine rings is 1. The second-order valence-electron chi connectivity index (χ2n) is 10.6. The van der Waals surface area contributed by atoms with Gasteiger partial charge in [0.1, 0.15) is 11.6 Å². The van der Waals surface area contributed by atoms with Gasteiger partial charge in [-0.1, -0.05) is 35.3 Å². The van der Waals surface area contributed by atoms with Crippen LogP contribution < -0.4 is 15.5 Å². The molecule has 4 rings (SSSR count). The van der Waals surface area contributed by atoms with Crippen LogP contribution in [0.3, 0.4) is 0 Å². The zero-order chi connectivity index (χ0) is 29.2. The molecule has 0 radical (unpaired) electrons. The zero-order valence-electron chi connectivity index (χ0n) is 22.4. The van der Waals surface area contributed by atoms with Crippen molar-refractivity contribution < 1.29 is 28.7 Å². The molecule has 40 heavy (non-hydrogen) atoms. The Morgan fingerprint density at radius 1 is 1.10 bits per heavy atom. The van der Waals surface area contributed by atoms with Gasteiger partial charge in [0.2, 0.25) is 17.7 Å². The van der Waals surface area contributed by atoms with E-state index in [-0.39, 0.29) is 61.6 Å². The molecule has 2 aromatic carbocycles. The minimum absolute atomic E-state index is 0.00773. The number of nitrogens with zero attached hydrogens (tertiary/aromatic N) is 2. The van der Waals surface area contributed by atoms with Crippen LogP contribution in [-0.4, -0.2) is 52.8 Å². The van der Waals surface area contributed by atoms with Crippen LogP contribution in [0.2, 0.25) is 10.0 Å². The highest BCUT2D eigenvalue weighted by Crippen LogP contribution is 2.31. The van der Waals surface area contributed by atoms with Crippen LogP contribution in [0.5, 0.6) is 0 Å². The first-order valence-corrected chi connectivity index (χ1v) is 13.6. The van der Waals surface area contributed by atoms with E-state index in [0.29, 0.717) is 16.3 Å². The summed E-state index contributed by atoms with van der Waals surface area (Å²) in [4.78, 5) is 65.3. The number of nitrogens with one attached hydrogen (secondary N) is 2. The predicted molar refractivity (Wildman–Crippen MR) is 149 cm³/mol. The van der Waals surface area contributed by atoms with Gasteiger partial charge in [-0.15, -0.1) is 0 Å². The van der Waals surface area contributed by atoms with Crippen molar-refractivity contribution in [3.05, 3.63) is 63.1 Å². The second-order valence-corrected chi connectivity index (χ2v) is 11.5. The Morgan fingerprint density at radius 2 is 1.85 bits per heavy atom. The summed E-state index contributed by atoms with van der Waals surface area (Å²) in [5, 5.41) is 5.51. The van der Waals surface area contributed by atoms with Crippen molar-refractivity contribution in [2.75, 3.05) is 11.4 Å². The van der Waals surface area contributed by atoms with E-state index in [1.54, 1.807) is 51.1 Å². The van der Waals surface area contributed by atoms with Crippen LogP contribution in [0.15, 0.2) is 36.4 Å². The molecular formula is C28H30Cl2N4O6. The number of rotatable bonds is 7. The maximum atomic E-state index is 13.3. The van der Waals surface area contributed by atoms with Gasteiger partial charge in [-0.25, -0.2) is 4.79 Å². The molecular weight excluding hydrogens is 559 g/mol. The van der Waals surface area contributed by atoms with E-state index in [2.05, 4.69) is 10.6 Å². The van der Waals surface area contributed by atoms with Gasteiger partial charge in [-0.3, -0.25) is 24.5 Å². The number of hydrogen-bond donors (Lipinski definition) is 2. The molecule has 1 saturated heterocycles. The Morgan fingerprint density at radius 3 is 2.52 bits per heavy atom. The van der Waals surface area contributed by atoms with Gasteiger partial charge in [0.25, 0.3) is 5.91 Å². The summed E-state index contributed by atoms with van der Waals surface area (Å²) < 4.78 is 5.22. The van der Waals surface area contributed by atoms with E-state index in [1.807, 2.05) is 6.07 Å². The highest BCUT2D eigenvalue weighted by molar-refractivity contribution is 6.42. The predicted octanol–water partition coefficient (Wildman–Crippen LogP) is 4.20. The molecule has 1 unspecified atom stereocenters. The fraction of sp³-hybridized carbons (Fsp3) is 0.393. The topological polar surface area (TPSA) is 125 Å². The Hall–Kier alpha value is -3.63. The molecule has 2 aliphatic rings. The van der Waals surface area contributed by atoms with Crippen LogP contribution in [-0.2, 0) is 32.2 Å². The molecule has 12 heteroatoms. The van der Waals surface area contributed by atoms with Crippen molar-refractivity contribution in [1.29, 1.82) is 0 Å². The number of ether oxygens (including phenoxy) is 1. The Bertz CT molecular complexity index is 1370. The standard InChI is InChI=1S/C28H30Cl2N4O6/c1-28(2,3)40-27(39)31-11-10-24(36)33(18-5-7-20(29)21(30)13-18)14-16-4-6-19-17(12-16)15-34(26(19)38)22-8-9-23(35)32-25(22)37/h4-7,12-13,22H,8-11,14-15H2,1-3H3,(H,31,39)(H,32,35,37). The van der Waals surface area contributed by atoms with Crippen LogP contribution >= 0.6 is 23.2 Å². The fourth-order valence-corrected chi connectivity index (χ4v) is 4.90. The number of alkyl carbamates (subject to hydrolysis) is 1. The molecule has 0 aromatic heterocycles. The van der Waals surface area contributed by atoms with Gasteiger partial charge in [0.05, 0.1) is 16.6 Å². The lowest BCUT2D eigenvalue weighted by Gasteiger charge is -2.29. The summed E-state index contributed by atoms with van der Waals surface area (Å²) in [5.41, 5.74) is 1.79. The van der Waals surface area contributed by atoms with Crippen molar-refractivity contribution in [2.45, 2.75) is 64.8 Å². The number of benzene rings is 2. The molecule has 2 aromatic rings. The van der Waals surface area contributed by atoms with E-state index < -0.39 is 23.6 Å². The highest BCUT2D eigenvalue weighted by Gasteiger charge is 2.39. The van der Waals surface area contributed by atoms with E-state index in [0.717, 1.165) is 11.1 Å². The first kappa shape index (κ1) is 29.4. The molecule has 1 fully saturated rings. The molecule has 10 nitrogen and oxygen atoms in total. The minimum atomic E-state index is -0.715. The Labute approximate surface area is 241 Å². The van der Waals surface area contributed by atoms with Crippen molar-refractivity contribution >= 4 is 58.6 Å². The summed E-state index contributed by atoms with van der Waals surface area (Å²) in [6.07, 6.45) is -0.184. The van der Waals surface area contributed by atoms with Gasteiger partial charge in [0.15, 0.2) is 0 Å². The molecule has 5 amide bonds. The molecule has 2 N–H and O–H groups in total. The SMILES string of the molecule is CC(C)(C)OC(=O)NCCC(=O)N(Cc1ccc2c(c1)CN(C1CCC(=O)NC1=O)C2=O)c1ccc(Cl)c(Cl)c1. The molecule has 2 aliphatic heterocycles. The quantitative estimate of drug-likeness (QED) is 0.467. The number of imide groups is 1. The normalized spacial score (nSPS) is 16.9. The number of amides is 5. The highest BCUT2D eigenvalue weighted by atomic mass is 35.5. The lowest BCUT2D eigenvalue weighted by molar-refractivity contribution is -0.137. The molecule has 212 valence electrons. The number of fused-ring (bicyclic) bond motifs is 1. The van der Waals surface area contributed by atoms with Gasteiger partial charge in [-0.2, -0.15) is 0 Å². The average molecular weight is 589 g/mol. The third kappa shape index (κ3) is 6.92. The van der Waals surface area contributed by atoms with Crippen LogP contribution in [0.25, 0.3) is 0 Å². The smallest absolute Gasteiger partial charge is 0.407 e. The number of carbonyl (C=O) groups excluding carboxylic acids is 5. The maximum absolute atomic E-state index is 13.3. The van der Waals surface area contributed by atoms with Gasteiger partial charge >= 0.3 is 6.09 Å². The molecule has 1 atom stereocenters. The number of hydrogen-bond acceptors (Lipinski definition) is 6. The maximum Gasteiger partial charge on any atom is 0.407 e. The molecule has 0 bridgehead atoms. The monoisotopic (exact) mass is 588 g/mol. The molecule has 0 aliphatic carbocycles. The van der Waals surface area contributed by atoms with Crippen molar-refractivity contribution in [3.8, 4) is 0 Å². The Kier molecular flexibility index (Phi) is 8.70. The molecule has 2 heterocycles. The molecule has 0 saturated carbocycles. The second kappa shape index (κ2) is 11.9. The van der Waals surface area contributed by atoms with Crippen LogP contribution in [0.4, 0.5) is 10.5 Å². The van der Waals surface area contributed by atoms with Crippen molar-refractivity contribution in [3.63, 3.8) is 0 Å². The largest absolute Gasteiger partial charge is 0.444 e. The summed E-state index contributed by atoms with van der Waals surface area (Å²) in [6, 6.07) is 9.41. The summed E-state index contributed by atoms with van der Waals surface area (Å²) in [6.45, 7) is 5.68. The summed E-state index contributed by atoms with van der Waals surface area (Å²) >= 11 is 12.3. The van der Waals surface area contributed by atoms with Gasteiger partial charge in [-0.05, 0) is 62.6 Å². The van der Waals surface area contributed by atoms with E-state index in [1.165, 1.54) is 9.80 Å². The van der Waals surface area contributed by atoms with Crippen LogP contribution in [0.1, 0.15) is 61.5 Å². The van der Waals surface area contributed by atoms with E-state index in [9.17, 15) is 24.0 Å². The van der Waals surface area contributed by atoms with E-state index in [4.69, 9.17) is 27.9 Å². The first-order valence-electron chi connectivity index (χ1n) is 12.8. The number of halogens is 2. The van der Waals surface area contributed by atoms with E-state index >= 15 is 0 Å². The van der Waals surface area contributed by atoms with Crippen LogP contribution in [0, 0.1) is 0 Å². The average Bonchev–Trinajstić information content (AvgIpc) is 3.18. The van der Waals surface area contributed by atoms with Crippen molar-refractivity contribution in [1.82, 2.24) is 15.5 Å². The fourth-order valence-electron chi connectivity index (χ4n) is 4.61. The molecule has 0 spiro atoms. The lowest BCUT2D eigenvalue weighted by atomic mass is 10.0. The van der Waals surface area contributed by atoms with Gasteiger partial charge in [0, 0.05) is 37.2 Å². The summed E-state index contributed by atoms with van der Waals surface area (Å²) in [5.74, 6) is -1.38. The Balaban J connectivity index is 1.50. The van der Waals surface area contributed by atoms with Gasteiger partial charge < -0.3 is 19.9 Å². The number of anilines is 1. The third-order valence-corrected chi connectivity index (χ3v) is 7.19. The van der Waals surface area contributed by atoms with Crippen molar-refractivity contribution in [2.24, 2.45) is 0 Å². The lowest BCUT2D eigenvalue weighted by Crippen LogP contribution is -2.52. The first-order chi connectivity index (χ1) is 18.8. The minimum Gasteiger partial charge on any atom is -0.444 e. The zero-order valence-corrected chi connectivity index (χ0v) is 23.9.